The third-order valence-electron chi connectivity index (χ3n) is 4.09. The van der Waals surface area contributed by atoms with Gasteiger partial charge in [0.1, 0.15) is 5.28 Å². The molecule has 0 saturated heterocycles. The zero-order valence-corrected chi connectivity index (χ0v) is 15.7. The number of benzene rings is 1. The van der Waals surface area contributed by atoms with Crippen LogP contribution in [0.4, 0.5) is 0 Å². The SMILES string of the molecule is CCOP(=O)(OCC)C(C)(CC(c1ccccc1)C(C)C)NO. The Morgan fingerprint density at radius 2 is 1.70 bits per heavy atom. The molecule has 0 spiro atoms. The van der Waals surface area contributed by atoms with E-state index in [4.69, 9.17) is 9.05 Å². The van der Waals surface area contributed by atoms with Gasteiger partial charge in [0.2, 0.25) is 0 Å². The fourth-order valence-corrected chi connectivity index (χ4v) is 4.61. The molecule has 0 aliphatic heterocycles. The number of hydrogen-bond donors (Lipinski definition) is 2. The van der Waals surface area contributed by atoms with Crippen molar-refractivity contribution in [2.24, 2.45) is 5.92 Å². The Hall–Kier alpha value is -0.710. The summed E-state index contributed by atoms with van der Waals surface area (Å²) in [4.78, 5) is 0. The van der Waals surface area contributed by atoms with Gasteiger partial charge >= 0.3 is 7.60 Å². The molecule has 0 aliphatic carbocycles. The zero-order valence-electron chi connectivity index (χ0n) is 14.8. The monoisotopic (exact) mass is 343 g/mol. The number of rotatable bonds is 10. The average Bonchev–Trinajstić information content (AvgIpc) is 2.53. The molecule has 0 saturated carbocycles. The highest BCUT2D eigenvalue weighted by Crippen LogP contribution is 2.61. The fourth-order valence-electron chi connectivity index (χ4n) is 2.75. The maximum absolute atomic E-state index is 13.2. The molecule has 1 aromatic rings. The maximum Gasteiger partial charge on any atom is 0.352 e. The molecule has 0 heterocycles. The summed E-state index contributed by atoms with van der Waals surface area (Å²) >= 11 is 0. The third kappa shape index (κ3) is 4.88. The summed E-state index contributed by atoms with van der Waals surface area (Å²) in [6, 6.07) is 10.0. The van der Waals surface area contributed by atoms with Gasteiger partial charge in [-0.3, -0.25) is 4.57 Å². The minimum atomic E-state index is -3.52. The van der Waals surface area contributed by atoms with Crippen molar-refractivity contribution < 1.29 is 18.8 Å². The molecule has 5 nitrogen and oxygen atoms in total. The van der Waals surface area contributed by atoms with Gasteiger partial charge in [-0.05, 0) is 44.6 Å². The molecule has 0 aromatic heterocycles. The van der Waals surface area contributed by atoms with Crippen molar-refractivity contribution in [3.8, 4) is 0 Å². The van der Waals surface area contributed by atoms with E-state index in [9.17, 15) is 9.77 Å². The van der Waals surface area contributed by atoms with Gasteiger partial charge < -0.3 is 14.3 Å². The van der Waals surface area contributed by atoms with Crippen molar-refractivity contribution in [2.75, 3.05) is 13.2 Å². The molecular weight excluding hydrogens is 313 g/mol. The number of hydrogen-bond acceptors (Lipinski definition) is 5. The highest BCUT2D eigenvalue weighted by atomic mass is 31.2. The van der Waals surface area contributed by atoms with Gasteiger partial charge in [-0.15, -0.1) is 0 Å². The Balaban J connectivity index is 3.17. The van der Waals surface area contributed by atoms with Crippen LogP contribution in [-0.4, -0.2) is 23.7 Å². The van der Waals surface area contributed by atoms with Gasteiger partial charge in [0, 0.05) is 0 Å². The lowest BCUT2D eigenvalue weighted by atomic mass is 9.83. The zero-order chi connectivity index (χ0) is 17.5. The lowest BCUT2D eigenvalue weighted by Crippen LogP contribution is -2.43. The van der Waals surface area contributed by atoms with E-state index in [1.54, 1.807) is 20.8 Å². The van der Waals surface area contributed by atoms with E-state index in [1.807, 2.05) is 18.2 Å². The van der Waals surface area contributed by atoms with Gasteiger partial charge in [-0.1, -0.05) is 44.2 Å². The van der Waals surface area contributed by atoms with Crippen LogP contribution in [0.3, 0.4) is 0 Å². The van der Waals surface area contributed by atoms with Crippen molar-refractivity contribution in [1.29, 1.82) is 0 Å². The van der Waals surface area contributed by atoms with Crippen LogP contribution in [0.5, 0.6) is 0 Å². The fraction of sp³-hybridized carbons (Fsp3) is 0.647. The molecule has 6 heteroatoms. The van der Waals surface area contributed by atoms with E-state index < -0.39 is 12.9 Å². The molecule has 0 aliphatic rings. The van der Waals surface area contributed by atoms with Crippen molar-refractivity contribution >= 4 is 7.60 Å². The first kappa shape index (κ1) is 20.3. The van der Waals surface area contributed by atoms with E-state index in [1.165, 1.54) is 0 Å². The second-order valence-corrected chi connectivity index (χ2v) is 8.68. The van der Waals surface area contributed by atoms with Crippen LogP contribution in [0.15, 0.2) is 30.3 Å². The number of hydroxylamine groups is 1. The average molecular weight is 343 g/mol. The topological polar surface area (TPSA) is 67.8 Å². The van der Waals surface area contributed by atoms with Crippen LogP contribution in [0.2, 0.25) is 0 Å². The standard InChI is InChI=1S/C17H30NO4P/c1-6-21-23(20,22-7-2)17(5,18-19)13-16(14(3)4)15-11-9-8-10-12-15/h8-12,14,16,18-19H,6-7,13H2,1-5H3. The largest absolute Gasteiger partial charge is 0.352 e. The first-order valence-electron chi connectivity index (χ1n) is 8.19. The molecule has 2 N–H and O–H groups in total. The molecule has 1 aromatic carbocycles. The van der Waals surface area contributed by atoms with E-state index in [0.29, 0.717) is 12.3 Å². The lowest BCUT2D eigenvalue weighted by molar-refractivity contribution is 0.0722. The van der Waals surface area contributed by atoms with Crippen molar-refractivity contribution in [1.82, 2.24) is 5.48 Å². The quantitative estimate of drug-likeness (QED) is 0.473. The van der Waals surface area contributed by atoms with Crippen molar-refractivity contribution in [2.45, 2.75) is 52.2 Å². The molecule has 132 valence electrons. The van der Waals surface area contributed by atoms with Crippen molar-refractivity contribution in [3.63, 3.8) is 0 Å². The molecule has 0 bridgehead atoms. The van der Waals surface area contributed by atoms with Gasteiger partial charge in [-0.25, -0.2) is 0 Å². The molecule has 2 unspecified atom stereocenters. The summed E-state index contributed by atoms with van der Waals surface area (Å²) in [6.45, 7) is 9.96. The minimum Gasteiger partial charge on any atom is -0.316 e. The van der Waals surface area contributed by atoms with E-state index >= 15 is 0 Å². The van der Waals surface area contributed by atoms with Crippen LogP contribution < -0.4 is 5.48 Å². The van der Waals surface area contributed by atoms with Gasteiger partial charge in [0.15, 0.2) is 0 Å². The Labute approximate surface area is 139 Å². The summed E-state index contributed by atoms with van der Waals surface area (Å²) < 4.78 is 24.1. The van der Waals surface area contributed by atoms with Crippen LogP contribution in [0, 0.1) is 5.92 Å². The second-order valence-electron chi connectivity index (χ2n) is 6.18. The van der Waals surface area contributed by atoms with E-state index in [2.05, 4.69) is 31.5 Å². The predicted molar refractivity (Wildman–Crippen MR) is 92.8 cm³/mol. The Kier molecular flexibility index (Phi) is 7.91. The summed E-state index contributed by atoms with van der Waals surface area (Å²) in [5, 5.41) is 8.59. The predicted octanol–water partition coefficient (Wildman–Crippen LogP) is 4.78. The summed E-state index contributed by atoms with van der Waals surface area (Å²) in [5.74, 6) is 0.414. The van der Waals surface area contributed by atoms with Crippen LogP contribution in [-0.2, 0) is 13.6 Å². The molecular formula is C17H30NO4P. The molecule has 0 amide bonds. The Morgan fingerprint density at radius 3 is 2.09 bits per heavy atom. The molecule has 1 rings (SSSR count). The van der Waals surface area contributed by atoms with E-state index in [0.717, 1.165) is 5.56 Å². The first-order chi connectivity index (χ1) is 10.8. The van der Waals surface area contributed by atoms with Crippen LogP contribution >= 0.6 is 7.60 Å². The molecule has 0 fully saturated rings. The Bertz CT molecular complexity index is 499. The smallest absolute Gasteiger partial charge is 0.316 e. The highest BCUT2D eigenvalue weighted by molar-refractivity contribution is 7.55. The van der Waals surface area contributed by atoms with Gasteiger partial charge in [-0.2, -0.15) is 5.48 Å². The van der Waals surface area contributed by atoms with Crippen molar-refractivity contribution in [3.05, 3.63) is 35.9 Å². The summed E-state index contributed by atoms with van der Waals surface area (Å²) in [5.41, 5.74) is 3.37. The van der Waals surface area contributed by atoms with Gasteiger partial charge in [0.25, 0.3) is 0 Å². The lowest BCUT2D eigenvalue weighted by Gasteiger charge is -2.38. The minimum absolute atomic E-state index is 0.107. The molecule has 0 radical (unpaired) electrons. The second kappa shape index (κ2) is 8.95. The van der Waals surface area contributed by atoms with Crippen LogP contribution in [0.1, 0.15) is 52.5 Å². The number of nitrogens with one attached hydrogen (secondary N) is 1. The van der Waals surface area contributed by atoms with Gasteiger partial charge in [0.05, 0.1) is 13.2 Å². The summed E-state index contributed by atoms with van der Waals surface area (Å²) in [6.07, 6.45) is 0.433. The first-order valence-corrected chi connectivity index (χ1v) is 9.73. The van der Waals surface area contributed by atoms with E-state index in [-0.39, 0.29) is 19.1 Å². The molecule has 23 heavy (non-hydrogen) atoms. The highest BCUT2D eigenvalue weighted by Gasteiger charge is 2.48. The summed E-state index contributed by atoms with van der Waals surface area (Å²) in [7, 11) is -3.52. The maximum atomic E-state index is 13.2. The van der Waals surface area contributed by atoms with Crippen LogP contribution in [0.25, 0.3) is 0 Å². The Morgan fingerprint density at radius 1 is 1.17 bits per heavy atom. The third-order valence-corrected chi connectivity index (χ3v) is 6.78. The molecule has 2 atom stereocenters. The normalized spacial score (nSPS) is 16.3.